The number of rotatable bonds is 5. The van der Waals surface area contributed by atoms with Crippen LogP contribution in [0.2, 0.25) is 0 Å². The second-order valence-electron chi connectivity index (χ2n) is 5.03. The molecule has 0 aliphatic carbocycles. The number of hydrogen-bond acceptors (Lipinski definition) is 3. The Balaban J connectivity index is 2.31. The summed E-state index contributed by atoms with van der Waals surface area (Å²) in [7, 11) is 2.13. The van der Waals surface area contributed by atoms with Crippen molar-refractivity contribution in [3.05, 3.63) is 0 Å². The molecule has 1 fully saturated rings. The Morgan fingerprint density at radius 2 is 2.31 bits per heavy atom. The molecule has 1 aliphatic rings. The first-order valence-corrected chi connectivity index (χ1v) is 6.24. The Morgan fingerprint density at radius 3 is 2.88 bits per heavy atom. The van der Waals surface area contributed by atoms with E-state index in [2.05, 4.69) is 18.9 Å². The molecule has 0 spiro atoms. The fourth-order valence-electron chi connectivity index (χ4n) is 2.18. The van der Waals surface area contributed by atoms with Crippen molar-refractivity contribution in [2.75, 3.05) is 33.2 Å². The van der Waals surface area contributed by atoms with Gasteiger partial charge in [0.1, 0.15) is 0 Å². The van der Waals surface area contributed by atoms with Crippen LogP contribution in [0.25, 0.3) is 0 Å². The molecule has 0 bridgehead atoms. The summed E-state index contributed by atoms with van der Waals surface area (Å²) < 4.78 is 0. The lowest BCUT2D eigenvalue weighted by molar-refractivity contribution is -0.130. The maximum absolute atomic E-state index is 11.8. The summed E-state index contributed by atoms with van der Waals surface area (Å²) in [4.78, 5) is 16.1. The van der Waals surface area contributed by atoms with Crippen LogP contribution in [-0.2, 0) is 4.79 Å². The van der Waals surface area contributed by atoms with Crippen LogP contribution in [0.15, 0.2) is 0 Å². The van der Waals surface area contributed by atoms with Gasteiger partial charge in [-0.3, -0.25) is 4.79 Å². The molecule has 0 aromatic heterocycles. The summed E-state index contributed by atoms with van der Waals surface area (Å²) in [6.45, 7) is 8.04. The zero-order valence-corrected chi connectivity index (χ0v) is 10.8. The quantitative estimate of drug-likeness (QED) is 0.745. The highest BCUT2D eigenvalue weighted by atomic mass is 16.2. The molecule has 2 atom stereocenters. The minimum atomic E-state index is -0.0233. The number of amides is 1. The smallest absolute Gasteiger partial charge is 0.224 e. The first kappa shape index (κ1) is 13.5. The van der Waals surface area contributed by atoms with E-state index in [1.54, 1.807) is 0 Å². The van der Waals surface area contributed by atoms with Crippen LogP contribution >= 0.6 is 0 Å². The number of hydrogen-bond donors (Lipinski definition) is 1. The Bertz CT molecular complexity index is 230. The lowest BCUT2D eigenvalue weighted by Crippen LogP contribution is -2.34. The number of nitrogens with zero attached hydrogens (tertiary/aromatic N) is 2. The molecule has 0 aromatic rings. The zero-order valence-electron chi connectivity index (χ0n) is 10.8. The summed E-state index contributed by atoms with van der Waals surface area (Å²) >= 11 is 0. The van der Waals surface area contributed by atoms with Crippen LogP contribution < -0.4 is 5.73 Å². The van der Waals surface area contributed by atoms with E-state index in [9.17, 15) is 4.79 Å². The van der Waals surface area contributed by atoms with E-state index in [1.807, 2.05) is 11.8 Å². The van der Waals surface area contributed by atoms with Crippen LogP contribution in [0.5, 0.6) is 0 Å². The van der Waals surface area contributed by atoms with Gasteiger partial charge < -0.3 is 15.5 Å². The second-order valence-corrected chi connectivity index (χ2v) is 5.03. The van der Waals surface area contributed by atoms with E-state index in [0.29, 0.717) is 12.3 Å². The lowest BCUT2D eigenvalue weighted by atomic mass is 10.1. The van der Waals surface area contributed by atoms with Crippen LogP contribution in [0.1, 0.15) is 26.7 Å². The van der Waals surface area contributed by atoms with Crippen LogP contribution in [-0.4, -0.2) is 55.0 Å². The van der Waals surface area contributed by atoms with Gasteiger partial charge >= 0.3 is 0 Å². The maximum Gasteiger partial charge on any atom is 0.224 e. The number of carbonyl (C=O) groups is 1. The molecule has 0 aromatic carbocycles. The van der Waals surface area contributed by atoms with Crippen molar-refractivity contribution in [1.29, 1.82) is 0 Å². The van der Waals surface area contributed by atoms with Gasteiger partial charge in [0.25, 0.3) is 0 Å². The minimum Gasteiger partial charge on any atom is -0.342 e. The number of likely N-dealkylation sites (tertiary alicyclic amines) is 1. The third-order valence-electron chi connectivity index (χ3n) is 3.24. The average Bonchev–Trinajstić information content (AvgIpc) is 2.65. The highest BCUT2D eigenvalue weighted by Crippen LogP contribution is 2.18. The molecule has 1 saturated heterocycles. The van der Waals surface area contributed by atoms with Crippen molar-refractivity contribution in [2.45, 2.75) is 32.7 Å². The summed E-state index contributed by atoms with van der Waals surface area (Å²) in [6, 6.07) is -0.0233. The minimum absolute atomic E-state index is 0.0233. The molecule has 1 heterocycles. The van der Waals surface area contributed by atoms with Crippen LogP contribution in [0, 0.1) is 5.92 Å². The van der Waals surface area contributed by atoms with Gasteiger partial charge in [-0.25, -0.2) is 0 Å². The van der Waals surface area contributed by atoms with E-state index in [-0.39, 0.29) is 11.9 Å². The normalized spacial score (nSPS) is 22.8. The number of nitrogens with two attached hydrogens (primary N) is 1. The molecule has 4 heteroatoms. The van der Waals surface area contributed by atoms with Gasteiger partial charge in [0.15, 0.2) is 0 Å². The van der Waals surface area contributed by atoms with Crippen molar-refractivity contribution in [3.8, 4) is 0 Å². The first-order valence-electron chi connectivity index (χ1n) is 6.24. The van der Waals surface area contributed by atoms with Crippen molar-refractivity contribution in [1.82, 2.24) is 9.80 Å². The molecule has 0 radical (unpaired) electrons. The van der Waals surface area contributed by atoms with Gasteiger partial charge in [-0.05, 0) is 32.9 Å². The summed E-state index contributed by atoms with van der Waals surface area (Å²) in [5.74, 6) is 0.860. The van der Waals surface area contributed by atoms with E-state index in [0.717, 1.165) is 32.6 Å². The zero-order chi connectivity index (χ0) is 12.1. The van der Waals surface area contributed by atoms with Gasteiger partial charge in [0.2, 0.25) is 5.91 Å². The first-order chi connectivity index (χ1) is 7.52. The van der Waals surface area contributed by atoms with Crippen molar-refractivity contribution >= 4 is 5.91 Å². The predicted octanol–water partition coefficient (Wildman–Crippen LogP) is 0.524. The Labute approximate surface area is 98.8 Å². The summed E-state index contributed by atoms with van der Waals surface area (Å²) in [5.41, 5.74) is 5.64. The third-order valence-corrected chi connectivity index (χ3v) is 3.24. The van der Waals surface area contributed by atoms with E-state index in [4.69, 9.17) is 5.73 Å². The molecule has 2 unspecified atom stereocenters. The molecule has 94 valence electrons. The Morgan fingerprint density at radius 1 is 1.62 bits per heavy atom. The van der Waals surface area contributed by atoms with Crippen molar-refractivity contribution < 1.29 is 4.79 Å². The highest BCUT2D eigenvalue weighted by molar-refractivity contribution is 5.77. The van der Waals surface area contributed by atoms with E-state index < -0.39 is 0 Å². The molecule has 16 heavy (non-hydrogen) atoms. The molecule has 2 N–H and O–H groups in total. The average molecular weight is 227 g/mol. The molecule has 1 rings (SSSR count). The van der Waals surface area contributed by atoms with Crippen LogP contribution in [0.4, 0.5) is 0 Å². The monoisotopic (exact) mass is 227 g/mol. The fraction of sp³-hybridized carbons (Fsp3) is 0.917. The van der Waals surface area contributed by atoms with E-state index in [1.165, 1.54) is 0 Å². The van der Waals surface area contributed by atoms with Gasteiger partial charge in [-0.15, -0.1) is 0 Å². The van der Waals surface area contributed by atoms with Crippen LogP contribution in [0.3, 0.4) is 0 Å². The van der Waals surface area contributed by atoms with Gasteiger partial charge in [-0.2, -0.15) is 0 Å². The molecule has 1 aliphatic heterocycles. The molecule has 4 nitrogen and oxygen atoms in total. The largest absolute Gasteiger partial charge is 0.342 e. The summed E-state index contributed by atoms with van der Waals surface area (Å²) in [6.07, 6.45) is 1.62. The predicted molar refractivity (Wildman–Crippen MR) is 66.1 cm³/mol. The molecular weight excluding hydrogens is 202 g/mol. The molecule has 1 amide bonds. The SMILES string of the molecule is CCN(C)CC1CCN(C(=O)CC(C)N)C1. The second kappa shape index (κ2) is 6.21. The Hall–Kier alpha value is -0.610. The van der Waals surface area contributed by atoms with Crippen molar-refractivity contribution in [2.24, 2.45) is 11.7 Å². The molecule has 0 saturated carbocycles. The van der Waals surface area contributed by atoms with Crippen molar-refractivity contribution in [3.63, 3.8) is 0 Å². The molecular formula is C12H25N3O. The lowest BCUT2D eigenvalue weighted by Gasteiger charge is -2.20. The third kappa shape index (κ3) is 4.10. The van der Waals surface area contributed by atoms with E-state index >= 15 is 0 Å². The number of carbonyl (C=O) groups excluding carboxylic acids is 1. The van der Waals surface area contributed by atoms with Gasteiger partial charge in [0.05, 0.1) is 0 Å². The maximum atomic E-state index is 11.8. The highest BCUT2D eigenvalue weighted by Gasteiger charge is 2.26. The van der Waals surface area contributed by atoms with Gasteiger partial charge in [0, 0.05) is 32.1 Å². The Kier molecular flexibility index (Phi) is 5.22. The standard InChI is InChI=1S/C12H25N3O/c1-4-14(3)8-11-5-6-15(9-11)12(16)7-10(2)13/h10-11H,4-9,13H2,1-3H3. The summed E-state index contributed by atoms with van der Waals surface area (Å²) in [5, 5.41) is 0. The van der Waals surface area contributed by atoms with Gasteiger partial charge in [-0.1, -0.05) is 6.92 Å². The topological polar surface area (TPSA) is 49.6 Å². The fourth-order valence-corrected chi connectivity index (χ4v) is 2.18.